The van der Waals surface area contributed by atoms with Crippen LogP contribution in [-0.2, 0) is 14.8 Å². The first kappa shape index (κ1) is 18.3. The van der Waals surface area contributed by atoms with Crippen molar-refractivity contribution in [1.29, 1.82) is 0 Å². The lowest BCUT2D eigenvalue weighted by atomic mass is 10.1. The zero-order chi connectivity index (χ0) is 16.3. The van der Waals surface area contributed by atoms with Crippen molar-refractivity contribution in [3.63, 3.8) is 0 Å². The second-order valence-corrected chi connectivity index (χ2v) is 8.14. The standard InChI is InChI=1S/C13H27N3O4S/c1-5-14(11-13(2,3)18)10-12(17)15-6-8-16(9-7-15)21(4,19)20/h18H,5-11H2,1-4H3. The third-order valence-corrected chi connectivity index (χ3v) is 4.78. The predicted molar refractivity (Wildman–Crippen MR) is 81.4 cm³/mol. The molecule has 0 aromatic heterocycles. The van der Waals surface area contributed by atoms with Crippen molar-refractivity contribution >= 4 is 15.9 Å². The highest BCUT2D eigenvalue weighted by molar-refractivity contribution is 7.88. The van der Waals surface area contributed by atoms with Crippen LogP contribution in [0.1, 0.15) is 20.8 Å². The smallest absolute Gasteiger partial charge is 0.236 e. The van der Waals surface area contributed by atoms with Gasteiger partial charge in [0, 0.05) is 32.7 Å². The van der Waals surface area contributed by atoms with E-state index in [1.165, 1.54) is 10.6 Å². The van der Waals surface area contributed by atoms with Crippen LogP contribution in [-0.4, -0.2) is 91.2 Å². The van der Waals surface area contributed by atoms with Gasteiger partial charge in [0.1, 0.15) is 0 Å². The van der Waals surface area contributed by atoms with E-state index in [0.29, 0.717) is 39.3 Å². The van der Waals surface area contributed by atoms with Crippen molar-refractivity contribution in [1.82, 2.24) is 14.1 Å². The normalized spacial score (nSPS) is 18.3. The molecule has 1 rings (SSSR count). The molecule has 8 heteroatoms. The maximum Gasteiger partial charge on any atom is 0.236 e. The Morgan fingerprint density at radius 2 is 1.76 bits per heavy atom. The van der Waals surface area contributed by atoms with Gasteiger partial charge in [-0.2, -0.15) is 4.31 Å². The topological polar surface area (TPSA) is 81.2 Å². The monoisotopic (exact) mass is 321 g/mol. The molecule has 0 aliphatic carbocycles. The third-order valence-electron chi connectivity index (χ3n) is 3.48. The summed E-state index contributed by atoms with van der Waals surface area (Å²) in [6.07, 6.45) is 1.19. The molecule has 0 aromatic carbocycles. The van der Waals surface area contributed by atoms with Gasteiger partial charge in [0.05, 0.1) is 18.4 Å². The highest BCUT2D eigenvalue weighted by Crippen LogP contribution is 2.09. The van der Waals surface area contributed by atoms with Gasteiger partial charge in [0.25, 0.3) is 0 Å². The van der Waals surface area contributed by atoms with Crippen LogP contribution in [0.2, 0.25) is 0 Å². The summed E-state index contributed by atoms with van der Waals surface area (Å²) in [5.74, 6) is -0.0192. The van der Waals surface area contributed by atoms with E-state index in [1.807, 2.05) is 11.8 Å². The molecule has 1 aliphatic heterocycles. The SMILES string of the molecule is CCN(CC(=O)N1CCN(S(C)(=O)=O)CC1)CC(C)(C)O. The lowest BCUT2D eigenvalue weighted by Gasteiger charge is -2.35. The maximum atomic E-state index is 12.2. The van der Waals surface area contributed by atoms with Gasteiger partial charge in [0.15, 0.2) is 0 Å². The number of nitrogens with zero attached hydrogens (tertiary/aromatic N) is 3. The number of rotatable bonds is 6. The van der Waals surface area contributed by atoms with E-state index < -0.39 is 15.6 Å². The average molecular weight is 321 g/mol. The van der Waals surface area contributed by atoms with Crippen LogP contribution in [0.25, 0.3) is 0 Å². The Labute approximate surface area is 127 Å². The summed E-state index contributed by atoms with van der Waals surface area (Å²) in [5, 5.41) is 9.83. The Morgan fingerprint density at radius 1 is 1.24 bits per heavy atom. The number of piperazine rings is 1. The van der Waals surface area contributed by atoms with Gasteiger partial charge in [-0.25, -0.2) is 8.42 Å². The van der Waals surface area contributed by atoms with Crippen LogP contribution in [0.5, 0.6) is 0 Å². The molecule has 0 bridgehead atoms. The molecular formula is C13H27N3O4S. The molecule has 0 radical (unpaired) electrons. The highest BCUT2D eigenvalue weighted by atomic mass is 32.2. The Morgan fingerprint density at radius 3 is 2.14 bits per heavy atom. The Balaban J connectivity index is 2.50. The van der Waals surface area contributed by atoms with Crippen molar-refractivity contribution in [2.45, 2.75) is 26.4 Å². The predicted octanol–water partition coefficient (Wildman–Crippen LogP) is -0.817. The summed E-state index contributed by atoms with van der Waals surface area (Å²) < 4.78 is 24.3. The fourth-order valence-corrected chi connectivity index (χ4v) is 3.21. The molecule has 0 atom stereocenters. The van der Waals surface area contributed by atoms with Gasteiger partial charge >= 0.3 is 0 Å². The molecule has 0 aromatic rings. The molecule has 0 spiro atoms. The Hall–Kier alpha value is -0.700. The van der Waals surface area contributed by atoms with E-state index in [4.69, 9.17) is 0 Å². The molecule has 1 saturated heterocycles. The summed E-state index contributed by atoms with van der Waals surface area (Å²) in [6.45, 7) is 8.27. The van der Waals surface area contributed by atoms with Crippen molar-refractivity contribution < 1.29 is 18.3 Å². The van der Waals surface area contributed by atoms with Crippen molar-refractivity contribution in [3.8, 4) is 0 Å². The maximum absolute atomic E-state index is 12.2. The lowest BCUT2D eigenvalue weighted by Crippen LogP contribution is -2.53. The summed E-state index contributed by atoms with van der Waals surface area (Å²) >= 11 is 0. The van der Waals surface area contributed by atoms with Gasteiger partial charge in [0.2, 0.25) is 15.9 Å². The zero-order valence-electron chi connectivity index (χ0n) is 13.4. The van der Waals surface area contributed by atoms with Crippen LogP contribution in [0.4, 0.5) is 0 Å². The minimum absolute atomic E-state index is 0.0192. The summed E-state index contributed by atoms with van der Waals surface area (Å²) in [5.41, 5.74) is -0.842. The minimum Gasteiger partial charge on any atom is -0.389 e. The molecule has 1 aliphatic rings. The number of amides is 1. The molecule has 124 valence electrons. The van der Waals surface area contributed by atoms with Crippen LogP contribution in [0.3, 0.4) is 0 Å². The van der Waals surface area contributed by atoms with Crippen molar-refractivity contribution in [3.05, 3.63) is 0 Å². The fourth-order valence-electron chi connectivity index (χ4n) is 2.39. The quantitative estimate of drug-likeness (QED) is 0.691. The molecule has 21 heavy (non-hydrogen) atoms. The molecule has 0 saturated carbocycles. The van der Waals surface area contributed by atoms with Crippen molar-refractivity contribution in [2.24, 2.45) is 0 Å². The first-order valence-electron chi connectivity index (χ1n) is 7.20. The van der Waals surface area contributed by atoms with Gasteiger partial charge in [-0.15, -0.1) is 0 Å². The first-order valence-corrected chi connectivity index (χ1v) is 9.05. The van der Waals surface area contributed by atoms with E-state index in [2.05, 4.69) is 0 Å². The molecule has 1 N–H and O–H groups in total. The molecule has 0 unspecified atom stereocenters. The molecular weight excluding hydrogens is 294 g/mol. The molecule has 1 fully saturated rings. The number of sulfonamides is 1. The number of carbonyl (C=O) groups excluding carboxylic acids is 1. The second kappa shape index (κ2) is 7.04. The van der Waals surface area contributed by atoms with Crippen LogP contribution >= 0.6 is 0 Å². The molecule has 1 heterocycles. The van der Waals surface area contributed by atoms with Crippen molar-refractivity contribution in [2.75, 3.05) is 52.1 Å². The number of aliphatic hydroxyl groups is 1. The van der Waals surface area contributed by atoms with Gasteiger partial charge < -0.3 is 10.0 Å². The second-order valence-electron chi connectivity index (χ2n) is 6.16. The number of hydrogen-bond donors (Lipinski definition) is 1. The zero-order valence-corrected chi connectivity index (χ0v) is 14.2. The van der Waals surface area contributed by atoms with E-state index in [1.54, 1.807) is 18.7 Å². The Bertz CT molecular complexity index is 451. The summed E-state index contributed by atoms with van der Waals surface area (Å²) in [7, 11) is -3.17. The summed E-state index contributed by atoms with van der Waals surface area (Å²) in [6, 6.07) is 0. The minimum atomic E-state index is -3.17. The first-order chi connectivity index (χ1) is 9.53. The summed E-state index contributed by atoms with van der Waals surface area (Å²) in [4.78, 5) is 15.8. The van der Waals surface area contributed by atoms with Crippen LogP contribution in [0.15, 0.2) is 0 Å². The van der Waals surface area contributed by atoms with Crippen LogP contribution < -0.4 is 0 Å². The van der Waals surface area contributed by atoms with E-state index in [0.717, 1.165) is 0 Å². The van der Waals surface area contributed by atoms with E-state index in [9.17, 15) is 18.3 Å². The highest BCUT2D eigenvalue weighted by Gasteiger charge is 2.27. The van der Waals surface area contributed by atoms with E-state index in [-0.39, 0.29) is 12.5 Å². The number of likely N-dealkylation sites (N-methyl/N-ethyl adjacent to an activating group) is 1. The average Bonchev–Trinajstić information content (AvgIpc) is 2.35. The third kappa shape index (κ3) is 6.29. The Kier molecular flexibility index (Phi) is 6.15. The fraction of sp³-hybridized carbons (Fsp3) is 0.923. The molecule has 7 nitrogen and oxygen atoms in total. The number of carbonyl (C=O) groups is 1. The van der Waals surface area contributed by atoms with Gasteiger partial charge in [-0.1, -0.05) is 6.92 Å². The lowest BCUT2D eigenvalue weighted by molar-refractivity contribution is -0.134. The van der Waals surface area contributed by atoms with E-state index >= 15 is 0 Å². The largest absolute Gasteiger partial charge is 0.389 e. The number of hydrogen-bond acceptors (Lipinski definition) is 5. The van der Waals surface area contributed by atoms with Gasteiger partial charge in [-0.3, -0.25) is 9.69 Å². The molecule has 1 amide bonds. The van der Waals surface area contributed by atoms with Gasteiger partial charge in [-0.05, 0) is 20.4 Å². The van der Waals surface area contributed by atoms with Crippen LogP contribution in [0, 0.1) is 0 Å².